The maximum Gasteiger partial charge on any atom is 0.258 e. The summed E-state index contributed by atoms with van der Waals surface area (Å²) in [7, 11) is -3.57. The van der Waals surface area contributed by atoms with Crippen LogP contribution >= 0.6 is 15.9 Å². The molecule has 0 radical (unpaired) electrons. The Hall–Kier alpha value is -1.90. The molecule has 0 bridgehead atoms. The third kappa shape index (κ3) is 6.79. The van der Waals surface area contributed by atoms with Crippen molar-refractivity contribution in [3.05, 3.63) is 58.1 Å². The van der Waals surface area contributed by atoms with Crippen LogP contribution in [0, 0.1) is 6.92 Å². The zero-order chi connectivity index (χ0) is 22.4. The van der Waals surface area contributed by atoms with Crippen LogP contribution in [0.15, 0.2) is 51.8 Å². The number of halogens is 1. The SMILES string of the molecule is Cc1cc(S(=O)(=O)NC2CCCCC2)ccc1OCC(=O)N[C@H](C)c1cccc(Br)c1. The van der Waals surface area contributed by atoms with E-state index in [0.29, 0.717) is 11.3 Å². The molecule has 0 aliphatic heterocycles. The summed E-state index contributed by atoms with van der Waals surface area (Å²) < 4.78 is 34.8. The number of carbonyl (C=O) groups excluding carboxylic acids is 1. The highest BCUT2D eigenvalue weighted by Gasteiger charge is 2.22. The minimum Gasteiger partial charge on any atom is -0.484 e. The van der Waals surface area contributed by atoms with E-state index < -0.39 is 10.0 Å². The van der Waals surface area contributed by atoms with Crippen LogP contribution in [0.2, 0.25) is 0 Å². The quantitative estimate of drug-likeness (QED) is 0.544. The van der Waals surface area contributed by atoms with Gasteiger partial charge in [0.1, 0.15) is 5.75 Å². The molecule has 1 aliphatic carbocycles. The summed E-state index contributed by atoms with van der Waals surface area (Å²) in [6.07, 6.45) is 5.04. The molecule has 1 fully saturated rings. The highest BCUT2D eigenvalue weighted by molar-refractivity contribution is 9.10. The molecule has 0 heterocycles. The number of aryl methyl sites for hydroxylation is 1. The first kappa shape index (κ1) is 23.8. The van der Waals surface area contributed by atoms with Gasteiger partial charge in [-0.2, -0.15) is 0 Å². The van der Waals surface area contributed by atoms with Gasteiger partial charge in [0.05, 0.1) is 10.9 Å². The minimum atomic E-state index is -3.57. The van der Waals surface area contributed by atoms with E-state index in [1.807, 2.05) is 31.2 Å². The Bertz CT molecular complexity index is 1020. The second-order valence-corrected chi connectivity index (χ2v) is 10.6. The van der Waals surface area contributed by atoms with Crippen molar-refractivity contribution in [1.82, 2.24) is 10.0 Å². The standard InChI is InChI=1S/C23H29BrN2O4S/c1-16-13-21(31(28,29)26-20-9-4-3-5-10-20)11-12-22(16)30-15-23(27)25-17(2)18-7-6-8-19(24)14-18/h6-8,11-14,17,20,26H,3-5,9-10,15H2,1-2H3,(H,25,27)/t17-/m1/s1. The van der Waals surface area contributed by atoms with Crippen LogP contribution in [0.25, 0.3) is 0 Å². The molecule has 0 unspecified atom stereocenters. The molecular formula is C23H29BrN2O4S. The molecular weight excluding hydrogens is 480 g/mol. The lowest BCUT2D eigenvalue weighted by atomic mass is 9.96. The number of rotatable bonds is 8. The van der Waals surface area contributed by atoms with E-state index in [-0.39, 0.29) is 29.5 Å². The van der Waals surface area contributed by atoms with Crippen LogP contribution in [-0.2, 0) is 14.8 Å². The molecule has 1 saturated carbocycles. The molecule has 2 N–H and O–H groups in total. The first-order valence-electron chi connectivity index (χ1n) is 10.6. The maximum absolute atomic E-state index is 12.7. The number of nitrogens with one attached hydrogen (secondary N) is 2. The van der Waals surface area contributed by atoms with Gasteiger partial charge in [0.2, 0.25) is 10.0 Å². The summed E-state index contributed by atoms with van der Waals surface area (Å²) in [5.41, 5.74) is 1.65. The van der Waals surface area contributed by atoms with Crippen molar-refractivity contribution in [2.45, 2.75) is 62.9 Å². The second kappa shape index (κ2) is 10.6. The van der Waals surface area contributed by atoms with E-state index in [4.69, 9.17) is 4.74 Å². The van der Waals surface area contributed by atoms with Gasteiger partial charge in [0.25, 0.3) is 5.91 Å². The zero-order valence-electron chi connectivity index (χ0n) is 17.9. The van der Waals surface area contributed by atoms with Crippen molar-refractivity contribution < 1.29 is 17.9 Å². The number of benzene rings is 2. The lowest BCUT2D eigenvalue weighted by Gasteiger charge is -2.22. The molecule has 0 saturated heterocycles. The molecule has 0 spiro atoms. The van der Waals surface area contributed by atoms with Crippen LogP contribution in [-0.4, -0.2) is 27.0 Å². The van der Waals surface area contributed by atoms with Crippen LogP contribution in [0.3, 0.4) is 0 Å². The van der Waals surface area contributed by atoms with Gasteiger partial charge in [-0.15, -0.1) is 0 Å². The van der Waals surface area contributed by atoms with E-state index in [0.717, 1.165) is 35.7 Å². The van der Waals surface area contributed by atoms with Crippen LogP contribution in [0.4, 0.5) is 0 Å². The third-order valence-corrected chi connectivity index (χ3v) is 7.48. The predicted molar refractivity (Wildman–Crippen MR) is 125 cm³/mol. The van der Waals surface area contributed by atoms with Crippen molar-refractivity contribution in [2.24, 2.45) is 0 Å². The van der Waals surface area contributed by atoms with Gasteiger partial charge in [-0.05, 0) is 68.1 Å². The molecule has 1 atom stereocenters. The molecule has 0 aromatic heterocycles. The first-order chi connectivity index (χ1) is 14.7. The average Bonchev–Trinajstić information content (AvgIpc) is 2.73. The van der Waals surface area contributed by atoms with Gasteiger partial charge in [-0.3, -0.25) is 4.79 Å². The lowest BCUT2D eigenvalue weighted by Crippen LogP contribution is -2.36. The monoisotopic (exact) mass is 508 g/mol. The summed E-state index contributed by atoms with van der Waals surface area (Å²) in [5.74, 6) is 0.240. The van der Waals surface area contributed by atoms with Crippen molar-refractivity contribution in [2.75, 3.05) is 6.61 Å². The van der Waals surface area contributed by atoms with Gasteiger partial charge in [0.15, 0.2) is 6.61 Å². The Morgan fingerprint density at radius 2 is 1.90 bits per heavy atom. The molecule has 8 heteroatoms. The smallest absolute Gasteiger partial charge is 0.258 e. The van der Waals surface area contributed by atoms with Gasteiger partial charge in [-0.25, -0.2) is 13.1 Å². The number of ether oxygens (including phenoxy) is 1. The molecule has 168 valence electrons. The Kier molecular flexibility index (Phi) is 8.13. The van der Waals surface area contributed by atoms with E-state index in [2.05, 4.69) is 26.0 Å². The molecule has 1 amide bonds. The van der Waals surface area contributed by atoms with Crippen LogP contribution in [0.5, 0.6) is 5.75 Å². The Balaban J connectivity index is 1.56. The molecule has 1 aliphatic rings. The van der Waals surface area contributed by atoms with Crippen molar-refractivity contribution in [1.29, 1.82) is 0 Å². The molecule has 31 heavy (non-hydrogen) atoms. The van der Waals surface area contributed by atoms with E-state index >= 15 is 0 Å². The number of carbonyl (C=O) groups is 1. The van der Waals surface area contributed by atoms with Crippen LogP contribution < -0.4 is 14.8 Å². The fourth-order valence-corrected chi connectivity index (χ4v) is 5.55. The average molecular weight is 509 g/mol. The summed E-state index contributed by atoms with van der Waals surface area (Å²) in [6, 6.07) is 12.3. The zero-order valence-corrected chi connectivity index (χ0v) is 20.3. The van der Waals surface area contributed by atoms with E-state index in [1.54, 1.807) is 19.1 Å². The lowest BCUT2D eigenvalue weighted by molar-refractivity contribution is -0.123. The number of amides is 1. The molecule has 2 aromatic rings. The fraction of sp³-hybridized carbons (Fsp3) is 0.435. The van der Waals surface area contributed by atoms with Gasteiger partial charge >= 0.3 is 0 Å². The van der Waals surface area contributed by atoms with Gasteiger partial charge in [-0.1, -0.05) is 47.3 Å². The topological polar surface area (TPSA) is 84.5 Å². The third-order valence-electron chi connectivity index (χ3n) is 5.47. The number of sulfonamides is 1. The summed E-state index contributed by atoms with van der Waals surface area (Å²) in [5, 5.41) is 2.90. The van der Waals surface area contributed by atoms with E-state index in [1.165, 1.54) is 12.5 Å². The van der Waals surface area contributed by atoms with Gasteiger partial charge in [0, 0.05) is 10.5 Å². The fourth-order valence-electron chi connectivity index (χ4n) is 3.74. The summed E-state index contributed by atoms with van der Waals surface area (Å²) in [6.45, 7) is 3.53. The molecule has 6 nitrogen and oxygen atoms in total. The molecule has 3 rings (SSSR count). The predicted octanol–water partition coefficient (Wildman–Crippen LogP) is 4.62. The molecule has 2 aromatic carbocycles. The first-order valence-corrected chi connectivity index (χ1v) is 12.8. The van der Waals surface area contributed by atoms with Crippen molar-refractivity contribution in [3.8, 4) is 5.75 Å². The Morgan fingerprint density at radius 1 is 1.16 bits per heavy atom. The number of hydrogen-bond acceptors (Lipinski definition) is 4. The minimum absolute atomic E-state index is 0.00547. The van der Waals surface area contributed by atoms with Crippen molar-refractivity contribution >= 4 is 31.9 Å². The summed E-state index contributed by atoms with van der Waals surface area (Å²) in [4.78, 5) is 12.5. The van der Waals surface area contributed by atoms with Crippen molar-refractivity contribution in [3.63, 3.8) is 0 Å². The Labute approximate surface area is 193 Å². The van der Waals surface area contributed by atoms with E-state index in [9.17, 15) is 13.2 Å². The largest absolute Gasteiger partial charge is 0.484 e. The van der Waals surface area contributed by atoms with Gasteiger partial charge < -0.3 is 10.1 Å². The highest BCUT2D eigenvalue weighted by Crippen LogP contribution is 2.24. The normalized spacial score (nSPS) is 16.0. The number of hydrogen-bond donors (Lipinski definition) is 2. The Morgan fingerprint density at radius 3 is 2.58 bits per heavy atom. The summed E-state index contributed by atoms with van der Waals surface area (Å²) >= 11 is 3.43. The van der Waals surface area contributed by atoms with Crippen LogP contribution in [0.1, 0.15) is 56.2 Å². The highest BCUT2D eigenvalue weighted by atomic mass is 79.9. The second-order valence-electron chi connectivity index (χ2n) is 8.02. The maximum atomic E-state index is 12.7.